The molecule has 0 spiro atoms. The summed E-state index contributed by atoms with van der Waals surface area (Å²) in [5, 5.41) is 21.1. The van der Waals surface area contributed by atoms with Crippen LogP contribution < -0.4 is 5.32 Å². The summed E-state index contributed by atoms with van der Waals surface area (Å²) in [4.78, 5) is 12.1. The summed E-state index contributed by atoms with van der Waals surface area (Å²) in [5.74, 6) is 0.472. The van der Waals surface area contributed by atoms with Crippen LogP contribution in [-0.2, 0) is 9.53 Å². The highest BCUT2D eigenvalue weighted by molar-refractivity contribution is 5.69. The summed E-state index contributed by atoms with van der Waals surface area (Å²) >= 11 is 0. The van der Waals surface area contributed by atoms with E-state index in [9.17, 15) is 9.90 Å². The summed E-state index contributed by atoms with van der Waals surface area (Å²) in [6, 6.07) is 0. The third-order valence-electron chi connectivity index (χ3n) is 5.74. The predicted molar refractivity (Wildman–Crippen MR) is 126 cm³/mol. The van der Waals surface area contributed by atoms with E-state index in [0.717, 1.165) is 25.8 Å². The highest BCUT2D eigenvalue weighted by Gasteiger charge is 2.12. The van der Waals surface area contributed by atoms with Gasteiger partial charge in [-0.05, 0) is 38.1 Å². The van der Waals surface area contributed by atoms with Gasteiger partial charge in [-0.2, -0.15) is 0 Å². The number of hydrogen-bond donors (Lipinski definition) is 3. The Bertz CT molecular complexity index is 365. The zero-order valence-corrected chi connectivity index (χ0v) is 20.0. The van der Waals surface area contributed by atoms with E-state index in [4.69, 9.17) is 9.84 Å². The smallest absolute Gasteiger partial charge is 0.305 e. The number of carbonyl (C=O) groups is 1. The molecular weight excluding hydrogens is 378 g/mol. The van der Waals surface area contributed by atoms with Crippen LogP contribution in [-0.4, -0.2) is 48.6 Å². The van der Waals surface area contributed by atoms with Gasteiger partial charge in [-0.1, -0.05) is 84.5 Å². The molecule has 5 heteroatoms. The summed E-state index contributed by atoms with van der Waals surface area (Å²) in [7, 11) is 0. The third kappa shape index (κ3) is 20.6. The van der Waals surface area contributed by atoms with Crippen molar-refractivity contribution in [3.05, 3.63) is 0 Å². The molecule has 0 rings (SSSR count). The maximum Gasteiger partial charge on any atom is 0.305 e. The quantitative estimate of drug-likeness (QED) is 0.150. The summed E-state index contributed by atoms with van der Waals surface area (Å²) in [5.41, 5.74) is 0. The van der Waals surface area contributed by atoms with Gasteiger partial charge in [0.2, 0.25) is 0 Å². The number of aliphatic hydroxyl groups is 2. The van der Waals surface area contributed by atoms with Crippen molar-refractivity contribution in [3.8, 4) is 0 Å². The Morgan fingerprint density at radius 1 is 0.833 bits per heavy atom. The van der Waals surface area contributed by atoms with E-state index in [0.29, 0.717) is 25.5 Å². The monoisotopic (exact) mass is 429 g/mol. The Labute approximate surface area is 186 Å². The van der Waals surface area contributed by atoms with Crippen molar-refractivity contribution in [2.24, 2.45) is 5.92 Å². The first-order valence-electron chi connectivity index (χ1n) is 12.8. The van der Waals surface area contributed by atoms with Crippen LogP contribution in [0.2, 0.25) is 0 Å². The zero-order chi connectivity index (χ0) is 22.3. The molecule has 0 aromatic heterocycles. The molecule has 0 aromatic carbocycles. The summed E-state index contributed by atoms with van der Waals surface area (Å²) < 4.78 is 5.62. The van der Waals surface area contributed by atoms with Crippen LogP contribution in [0.1, 0.15) is 117 Å². The molecule has 0 heterocycles. The van der Waals surface area contributed by atoms with E-state index in [1.807, 2.05) is 0 Å². The molecule has 2 unspecified atom stereocenters. The van der Waals surface area contributed by atoms with Gasteiger partial charge in [0.25, 0.3) is 0 Å². The van der Waals surface area contributed by atoms with E-state index in [2.05, 4.69) is 19.2 Å². The van der Waals surface area contributed by atoms with Crippen LogP contribution in [0.3, 0.4) is 0 Å². The lowest BCUT2D eigenvalue weighted by Crippen LogP contribution is -2.29. The van der Waals surface area contributed by atoms with Crippen molar-refractivity contribution >= 4 is 5.97 Å². The molecule has 0 saturated carbocycles. The first kappa shape index (κ1) is 29.4. The minimum absolute atomic E-state index is 0.0554. The number of hydrogen-bond acceptors (Lipinski definition) is 5. The van der Waals surface area contributed by atoms with E-state index in [1.54, 1.807) is 0 Å². The fraction of sp³-hybridized carbons (Fsp3) is 0.960. The van der Waals surface area contributed by atoms with Crippen LogP contribution >= 0.6 is 0 Å². The highest BCUT2D eigenvalue weighted by Crippen LogP contribution is 2.19. The largest absolute Gasteiger partial charge is 0.465 e. The molecule has 180 valence electrons. The number of esters is 1. The molecule has 0 saturated heterocycles. The van der Waals surface area contributed by atoms with Crippen molar-refractivity contribution in [3.63, 3.8) is 0 Å². The third-order valence-corrected chi connectivity index (χ3v) is 5.74. The lowest BCUT2D eigenvalue weighted by molar-refractivity contribution is -0.145. The summed E-state index contributed by atoms with van der Waals surface area (Å²) in [6.07, 6.45) is 18.0. The number of unbranched alkanes of at least 4 members (excludes halogenated alkanes) is 10. The number of aliphatic hydroxyl groups excluding tert-OH is 2. The van der Waals surface area contributed by atoms with Crippen LogP contribution in [0.4, 0.5) is 0 Å². The van der Waals surface area contributed by atoms with E-state index < -0.39 is 6.10 Å². The SMILES string of the molecule is CCCCCCCCC(CCCCCC)COC(=O)CCCCCNCC(O)CO. The number of ether oxygens (including phenoxy) is 1. The predicted octanol–water partition coefficient (Wildman–Crippen LogP) is 5.37. The molecule has 0 aromatic rings. The molecule has 30 heavy (non-hydrogen) atoms. The van der Waals surface area contributed by atoms with Crippen LogP contribution in [0.5, 0.6) is 0 Å². The second kappa shape index (κ2) is 23.0. The molecule has 0 aliphatic carbocycles. The molecule has 0 aliphatic heterocycles. The Kier molecular flexibility index (Phi) is 22.5. The lowest BCUT2D eigenvalue weighted by Gasteiger charge is -2.17. The second-order valence-corrected chi connectivity index (χ2v) is 8.81. The van der Waals surface area contributed by atoms with Gasteiger partial charge in [0, 0.05) is 13.0 Å². The van der Waals surface area contributed by atoms with Gasteiger partial charge >= 0.3 is 5.97 Å². The fourth-order valence-corrected chi connectivity index (χ4v) is 3.70. The molecule has 0 aliphatic rings. The average molecular weight is 430 g/mol. The van der Waals surface area contributed by atoms with E-state index >= 15 is 0 Å². The van der Waals surface area contributed by atoms with Gasteiger partial charge in [0.15, 0.2) is 0 Å². The molecule has 3 N–H and O–H groups in total. The van der Waals surface area contributed by atoms with Gasteiger partial charge in [0.05, 0.1) is 19.3 Å². The van der Waals surface area contributed by atoms with Crippen LogP contribution in [0.15, 0.2) is 0 Å². The Hall–Kier alpha value is -0.650. The van der Waals surface area contributed by atoms with Gasteiger partial charge < -0.3 is 20.3 Å². The molecule has 0 bridgehead atoms. The van der Waals surface area contributed by atoms with Crippen LogP contribution in [0, 0.1) is 5.92 Å². The number of rotatable bonds is 23. The molecular formula is C25H51NO4. The van der Waals surface area contributed by atoms with Gasteiger partial charge in [-0.3, -0.25) is 4.79 Å². The van der Waals surface area contributed by atoms with E-state index in [-0.39, 0.29) is 12.6 Å². The first-order chi connectivity index (χ1) is 14.6. The number of nitrogens with one attached hydrogen (secondary N) is 1. The molecule has 2 atom stereocenters. The van der Waals surface area contributed by atoms with Gasteiger partial charge in [-0.25, -0.2) is 0 Å². The van der Waals surface area contributed by atoms with Gasteiger partial charge in [0.1, 0.15) is 0 Å². The number of carbonyl (C=O) groups excluding carboxylic acids is 1. The minimum atomic E-state index is -0.689. The zero-order valence-electron chi connectivity index (χ0n) is 20.0. The van der Waals surface area contributed by atoms with Crippen molar-refractivity contribution < 1.29 is 19.7 Å². The second-order valence-electron chi connectivity index (χ2n) is 8.81. The topological polar surface area (TPSA) is 78.8 Å². The molecule has 0 fully saturated rings. The van der Waals surface area contributed by atoms with Crippen molar-refractivity contribution in [1.29, 1.82) is 0 Å². The summed E-state index contributed by atoms with van der Waals surface area (Å²) in [6.45, 7) is 6.09. The van der Waals surface area contributed by atoms with Crippen molar-refractivity contribution in [2.75, 3.05) is 26.3 Å². The fourth-order valence-electron chi connectivity index (χ4n) is 3.70. The highest BCUT2D eigenvalue weighted by atomic mass is 16.5. The standard InChI is InChI=1S/C25H51NO4/c1-3-5-7-9-10-13-17-23(16-12-8-6-4-2)22-30-25(29)18-14-11-15-19-26-20-24(28)21-27/h23-24,26-28H,3-22H2,1-2H3. The molecule has 0 radical (unpaired) electrons. The molecule has 5 nitrogen and oxygen atoms in total. The maximum atomic E-state index is 12.1. The first-order valence-corrected chi connectivity index (χ1v) is 12.8. The van der Waals surface area contributed by atoms with Crippen molar-refractivity contribution in [2.45, 2.75) is 123 Å². The Morgan fingerprint density at radius 2 is 1.40 bits per heavy atom. The normalized spacial score (nSPS) is 13.3. The minimum Gasteiger partial charge on any atom is -0.465 e. The lowest BCUT2D eigenvalue weighted by atomic mass is 9.95. The van der Waals surface area contributed by atoms with Crippen molar-refractivity contribution in [1.82, 2.24) is 5.32 Å². The average Bonchev–Trinajstić information content (AvgIpc) is 2.75. The molecule has 0 amide bonds. The Balaban J connectivity index is 3.87. The van der Waals surface area contributed by atoms with E-state index in [1.165, 1.54) is 77.0 Å². The van der Waals surface area contributed by atoms with Gasteiger partial charge in [-0.15, -0.1) is 0 Å². The maximum absolute atomic E-state index is 12.1. The van der Waals surface area contributed by atoms with Crippen LogP contribution in [0.25, 0.3) is 0 Å². The Morgan fingerprint density at radius 3 is 2.03 bits per heavy atom.